The normalized spacial score (nSPS) is 14.2. The standard InChI is InChI=1S/C21H18Cl2N4O3/c22-14-5-6-15(17(23)11-14)21(30)26-9-7-25(8-10-26)20(29)13-27-18-4-2-1-3-16(18)19(28)12-24-27/h1-6,11-12H,7-10,13H2. The maximum Gasteiger partial charge on any atom is 0.255 e. The molecule has 0 saturated carbocycles. The van der Waals surface area contributed by atoms with Crippen LogP contribution in [0.15, 0.2) is 53.5 Å². The lowest BCUT2D eigenvalue weighted by Gasteiger charge is -2.35. The number of hydrogen-bond acceptors (Lipinski definition) is 4. The number of piperazine rings is 1. The van der Waals surface area contributed by atoms with Gasteiger partial charge in [0.1, 0.15) is 6.54 Å². The highest BCUT2D eigenvalue weighted by Crippen LogP contribution is 2.23. The van der Waals surface area contributed by atoms with Gasteiger partial charge in [-0.2, -0.15) is 5.10 Å². The van der Waals surface area contributed by atoms with Gasteiger partial charge in [0.15, 0.2) is 0 Å². The second-order valence-electron chi connectivity index (χ2n) is 6.98. The van der Waals surface area contributed by atoms with Crippen LogP contribution in [0.5, 0.6) is 0 Å². The molecule has 154 valence electrons. The minimum Gasteiger partial charge on any atom is -0.338 e. The van der Waals surface area contributed by atoms with E-state index in [0.717, 1.165) is 0 Å². The van der Waals surface area contributed by atoms with Crippen molar-refractivity contribution in [2.45, 2.75) is 6.54 Å². The fourth-order valence-corrected chi connectivity index (χ4v) is 4.00. The first-order valence-electron chi connectivity index (χ1n) is 9.41. The van der Waals surface area contributed by atoms with Gasteiger partial charge in [-0.1, -0.05) is 35.3 Å². The molecule has 0 bridgehead atoms. The maximum absolute atomic E-state index is 12.8. The number of hydrogen-bond donors (Lipinski definition) is 0. The molecule has 2 aromatic carbocycles. The van der Waals surface area contributed by atoms with Gasteiger partial charge in [-0.3, -0.25) is 19.1 Å². The fraction of sp³-hybridized carbons (Fsp3) is 0.238. The maximum atomic E-state index is 12.8. The molecule has 30 heavy (non-hydrogen) atoms. The van der Waals surface area contributed by atoms with Crippen molar-refractivity contribution in [1.29, 1.82) is 0 Å². The van der Waals surface area contributed by atoms with Crippen molar-refractivity contribution >= 4 is 45.9 Å². The number of para-hydroxylation sites is 1. The highest BCUT2D eigenvalue weighted by molar-refractivity contribution is 6.36. The summed E-state index contributed by atoms with van der Waals surface area (Å²) in [4.78, 5) is 40.8. The molecule has 4 rings (SSSR count). The van der Waals surface area contributed by atoms with E-state index in [-0.39, 0.29) is 23.8 Å². The smallest absolute Gasteiger partial charge is 0.255 e. The van der Waals surface area contributed by atoms with Crippen LogP contribution in [0.3, 0.4) is 0 Å². The second kappa shape index (κ2) is 8.45. The number of halogens is 2. The molecule has 0 N–H and O–H groups in total. The highest BCUT2D eigenvalue weighted by Gasteiger charge is 2.26. The molecule has 0 atom stereocenters. The van der Waals surface area contributed by atoms with Gasteiger partial charge in [-0.05, 0) is 30.3 Å². The molecular formula is C21H18Cl2N4O3. The van der Waals surface area contributed by atoms with E-state index in [1.165, 1.54) is 16.9 Å². The summed E-state index contributed by atoms with van der Waals surface area (Å²) in [6, 6.07) is 11.8. The van der Waals surface area contributed by atoms with E-state index in [2.05, 4.69) is 5.10 Å². The van der Waals surface area contributed by atoms with Crippen LogP contribution in [0, 0.1) is 0 Å². The summed E-state index contributed by atoms with van der Waals surface area (Å²) in [7, 11) is 0. The highest BCUT2D eigenvalue weighted by atomic mass is 35.5. The van der Waals surface area contributed by atoms with Gasteiger partial charge in [0.2, 0.25) is 11.3 Å². The number of amides is 2. The Bertz CT molecular complexity index is 1190. The third kappa shape index (κ3) is 4.04. The second-order valence-corrected chi connectivity index (χ2v) is 7.82. The Morgan fingerprint density at radius 2 is 1.67 bits per heavy atom. The molecule has 1 aliphatic heterocycles. The molecule has 0 spiro atoms. The Morgan fingerprint density at radius 1 is 0.967 bits per heavy atom. The van der Waals surface area contributed by atoms with Crippen LogP contribution in [-0.2, 0) is 11.3 Å². The molecular weight excluding hydrogens is 427 g/mol. The van der Waals surface area contributed by atoms with E-state index >= 15 is 0 Å². The van der Waals surface area contributed by atoms with Gasteiger partial charge in [0.25, 0.3) is 5.91 Å². The predicted octanol–water partition coefficient (Wildman–Crippen LogP) is 2.69. The van der Waals surface area contributed by atoms with Crippen LogP contribution < -0.4 is 5.43 Å². The van der Waals surface area contributed by atoms with E-state index < -0.39 is 0 Å². The van der Waals surface area contributed by atoms with E-state index in [1.807, 2.05) is 0 Å². The quantitative estimate of drug-likeness (QED) is 0.622. The van der Waals surface area contributed by atoms with Crippen molar-refractivity contribution in [3.05, 3.63) is 74.5 Å². The minimum atomic E-state index is -0.183. The zero-order chi connectivity index (χ0) is 21.3. The lowest BCUT2D eigenvalue weighted by atomic mass is 10.1. The number of aromatic nitrogens is 2. The lowest BCUT2D eigenvalue weighted by Crippen LogP contribution is -2.51. The van der Waals surface area contributed by atoms with Crippen molar-refractivity contribution in [2.24, 2.45) is 0 Å². The zero-order valence-electron chi connectivity index (χ0n) is 15.9. The molecule has 9 heteroatoms. The molecule has 2 heterocycles. The van der Waals surface area contributed by atoms with Gasteiger partial charge in [-0.15, -0.1) is 0 Å². The van der Waals surface area contributed by atoms with Gasteiger partial charge in [0, 0.05) is 36.6 Å². The van der Waals surface area contributed by atoms with Gasteiger partial charge < -0.3 is 9.80 Å². The topological polar surface area (TPSA) is 75.5 Å². The van der Waals surface area contributed by atoms with E-state index in [4.69, 9.17) is 23.2 Å². The van der Waals surface area contributed by atoms with Crippen molar-refractivity contribution in [2.75, 3.05) is 26.2 Å². The Balaban J connectivity index is 1.42. The summed E-state index contributed by atoms with van der Waals surface area (Å²) in [6.45, 7) is 1.66. The van der Waals surface area contributed by atoms with E-state index in [1.54, 1.807) is 46.2 Å². The number of benzene rings is 2. The summed E-state index contributed by atoms with van der Waals surface area (Å²) in [6.07, 6.45) is 1.22. The molecule has 0 unspecified atom stereocenters. The van der Waals surface area contributed by atoms with Crippen LogP contribution in [0.1, 0.15) is 10.4 Å². The number of carbonyl (C=O) groups is 2. The molecule has 1 saturated heterocycles. The summed E-state index contributed by atoms with van der Waals surface area (Å²) >= 11 is 12.0. The fourth-order valence-electron chi connectivity index (χ4n) is 3.51. The van der Waals surface area contributed by atoms with Crippen molar-refractivity contribution in [3.8, 4) is 0 Å². The Hall–Kier alpha value is -2.90. The summed E-state index contributed by atoms with van der Waals surface area (Å²) < 4.78 is 1.53. The predicted molar refractivity (Wildman–Crippen MR) is 115 cm³/mol. The molecule has 0 radical (unpaired) electrons. The number of fused-ring (bicyclic) bond motifs is 1. The van der Waals surface area contributed by atoms with Gasteiger partial charge >= 0.3 is 0 Å². The van der Waals surface area contributed by atoms with Gasteiger partial charge in [0.05, 0.1) is 22.3 Å². The minimum absolute atomic E-state index is 0.0255. The van der Waals surface area contributed by atoms with E-state index in [0.29, 0.717) is 52.7 Å². The third-order valence-corrected chi connectivity index (χ3v) is 5.68. The SMILES string of the molecule is O=C(Cn1ncc(=O)c2ccccc21)N1CCN(C(=O)c2ccc(Cl)cc2Cl)CC1. The Morgan fingerprint density at radius 3 is 2.40 bits per heavy atom. The number of rotatable bonds is 3. The van der Waals surface area contributed by atoms with Crippen molar-refractivity contribution in [3.63, 3.8) is 0 Å². The number of nitrogens with zero attached hydrogens (tertiary/aromatic N) is 4. The Kier molecular flexibility index (Phi) is 5.74. The van der Waals surface area contributed by atoms with Crippen LogP contribution in [0.25, 0.3) is 10.9 Å². The summed E-state index contributed by atoms with van der Waals surface area (Å²) in [5.74, 6) is -0.301. The van der Waals surface area contributed by atoms with Gasteiger partial charge in [-0.25, -0.2) is 0 Å². The van der Waals surface area contributed by atoms with Crippen LogP contribution in [-0.4, -0.2) is 57.6 Å². The first-order chi connectivity index (χ1) is 14.4. The average molecular weight is 445 g/mol. The molecule has 3 aromatic rings. The average Bonchev–Trinajstić information content (AvgIpc) is 2.75. The first-order valence-corrected chi connectivity index (χ1v) is 10.2. The number of carbonyl (C=O) groups excluding carboxylic acids is 2. The largest absolute Gasteiger partial charge is 0.338 e. The molecule has 0 aliphatic carbocycles. The van der Waals surface area contributed by atoms with Crippen molar-refractivity contribution in [1.82, 2.24) is 19.6 Å². The van der Waals surface area contributed by atoms with Crippen LogP contribution in [0.2, 0.25) is 10.0 Å². The first kappa shape index (κ1) is 20.4. The third-order valence-electron chi connectivity index (χ3n) is 5.13. The van der Waals surface area contributed by atoms with Crippen LogP contribution in [0.4, 0.5) is 0 Å². The lowest BCUT2D eigenvalue weighted by molar-refractivity contribution is -0.133. The summed E-state index contributed by atoms with van der Waals surface area (Å²) in [5.41, 5.74) is 0.830. The molecule has 1 aromatic heterocycles. The molecule has 2 amide bonds. The zero-order valence-corrected chi connectivity index (χ0v) is 17.4. The van der Waals surface area contributed by atoms with Crippen LogP contribution >= 0.6 is 23.2 Å². The van der Waals surface area contributed by atoms with E-state index in [9.17, 15) is 14.4 Å². The Labute approximate surface area is 182 Å². The summed E-state index contributed by atoms with van der Waals surface area (Å²) in [5, 5.41) is 5.41. The monoisotopic (exact) mass is 444 g/mol. The molecule has 1 fully saturated rings. The molecule has 7 nitrogen and oxygen atoms in total. The van der Waals surface area contributed by atoms with Crippen molar-refractivity contribution < 1.29 is 9.59 Å². The molecule has 1 aliphatic rings.